The molecule has 1 N–H and O–H groups in total. The van der Waals surface area contributed by atoms with Gasteiger partial charge in [0.05, 0.1) is 6.10 Å². The number of aliphatic hydroxyl groups is 1. The van der Waals surface area contributed by atoms with Gasteiger partial charge >= 0.3 is 0 Å². The lowest BCUT2D eigenvalue weighted by Gasteiger charge is -2.70. The zero-order chi connectivity index (χ0) is 23.5. The minimum absolute atomic E-state index is 0.166. The summed E-state index contributed by atoms with van der Waals surface area (Å²) in [7, 11) is 0. The Kier molecular flexibility index (Phi) is 4.71. The van der Waals surface area contributed by atoms with E-state index in [1.165, 1.54) is 38.5 Å². The SMILES string of the molecule is CC1(C)CC[C@]2(C)CC[C@]3(C)C(=CC[C@@H]4[C@@]5(C)C(=O)C[C@@H](O)C(C)(C)[C@@H]5CC[C@]43C)[C@@H]2C1. The zero-order valence-corrected chi connectivity index (χ0v) is 22.1. The fraction of sp³-hybridized carbons (Fsp3) is 0.900. The third-order valence-corrected chi connectivity index (χ3v) is 12.9. The first-order valence-corrected chi connectivity index (χ1v) is 13.5. The Balaban J connectivity index is 1.61. The maximum Gasteiger partial charge on any atom is 0.141 e. The molecule has 0 aromatic carbocycles. The average molecular weight is 441 g/mol. The number of allylic oxidation sites excluding steroid dienone is 2. The van der Waals surface area contributed by atoms with Crippen LogP contribution in [0, 0.1) is 50.2 Å². The summed E-state index contributed by atoms with van der Waals surface area (Å²) in [5.41, 5.74) is 2.52. The molecule has 0 aromatic heterocycles. The summed E-state index contributed by atoms with van der Waals surface area (Å²) < 4.78 is 0. The van der Waals surface area contributed by atoms with Gasteiger partial charge in [-0.05, 0) is 96.2 Å². The van der Waals surface area contributed by atoms with Gasteiger partial charge < -0.3 is 5.11 Å². The van der Waals surface area contributed by atoms with Crippen LogP contribution < -0.4 is 0 Å². The highest BCUT2D eigenvalue weighted by Gasteiger charge is 2.69. The van der Waals surface area contributed by atoms with E-state index in [2.05, 4.69) is 61.5 Å². The topological polar surface area (TPSA) is 37.3 Å². The van der Waals surface area contributed by atoms with Crippen LogP contribution >= 0.6 is 0 Å². The lowest BCUT2D eigenvalue weighted by atomic mass is 9.33. The standard InChI is InChI=1S/C30H48O2/c1-25(2)13-14-27(5)15-16-28(6)19(20(27)18-25)9-10-22-29(28,7)12-11-21-26(3,4)23(31)17-24(32)30(21,22)8/h9,20-23,31H,10-18H2,1-8H3/t20-,21-,22-,23+,27+,28+,29+,30-/m0/s1. The Morgan fingerprint density at radius 3 is 2.22 bits per heavy atom. The number of fused-ring (bicyclic) bond motifs is 7. The second-order valence-electron chi connectivity index (χ2n) is 15.1. The predicted octanol–water partition coefficient (Wildman–Crippen LogP) is 7.35. The van der Waals surface area contributed by atoms with Crippen molar-refractivity contribution in [2.75, 3.05) is 0 Å². The van der Waals surface area contributed by atoms with E-state index >= 15 is 0 Å². The summed E-state index contributed by atoms with van der Waals surface area (Å²) in [4.78, 5) is 13.7. The van der Waals surface area contributed by atoms with E-state index in [4.69, 9.17) is 0 Å². The normalized spacial score (nSPS) is 53.9. The van der Waals surface area contributed by atoms with Gasteiger partial charge in [-0.2, -0.15) is 0 Å². The molecule has 4 fully saturated rings. The average Bonchev–Trinajstić information content (AvgIpc) is 2.68. The molecule has 0 radical (unpaired) electrons. The van der Waals surface area contributed by atoms with Crippen molar-refractivity contribution >= 4 is 5.78 Å². The number of carbonyl (C=O) groups is 1. The van der Waals surface area contributed by atoms with Crippen LogP contribution in [0.15, 0.2) is 11.6 Å². The van der Waals surface area contributed by atoms with Crippen molar-refractivity contribution in [3.63, 3.8) is 0 Å². The van der Waals surface area contributed by atoms with E-state index in [1.54, 1.807) is 5.57 Å². The molecule has 5 rings (SSSR count). The van der Waals surface area contributed by atoms with Gasteiger partial charge in [-0.15, -0.1) is 0 Å². The van der Waals surface area contributed by atoms with Gasteiger partial charge in [-0.1, -0.05) is 67.0 Å². The first kappa shape index (κ1) is 23.1. The highest BCUT2D eigenvalue weighted by atomic mass is 16.3. The van der Waals surface area contributed by atoms with Crippen LogP contribution in [0.25, 0.3) is 0 Å². The monoisotopic (exact) mass is 440 g/mol. The summed E-state index contributed by atoms with van der Waals surface area (Å²) in [5, 5.41) is 10.8. The fourth-order valence-corrected chi connectivity index (χ4v) is 10.2. The summed E-state index contributed by atoms with van der Waals surface area (Å²) in [6.45, 7) is 19.4. The van der Waals surface area contributed by atoms with Gasteiger partial charge in [0.25, 0.3) is 0 Å². The Bertz CT molecular complexity index is 866. The molecule has 4 saturated carbocycles. The molecule has 0 unspecified atom stereocenters. The van der Waals surface area contributed by atoms with Gasteiger partial charge in [-0.3, -0.25) is 4.79 Å². The highest BCUT2D eigenvalue weighted by molar-refractivity contribution is 5.87. The number of ketones is 1. The number of aliphatic hydroxyl groups excluding tert-OH is 1. The Labute approximate surface area is 197 Å². The molecule has 0 bridgehead atoms. The molecule has 5 aliphatic rings. The van der Waals surface area contributed by atoms with E-state index in [0.29, 0.717) is 34.9 Å². The Morgan fingerprint density at radius 1 is 0.875 bits per heavy atom. The molecule has 0 heterocycles. The molecule has 5 aliphatic carbocycles. The van der Waals surface area contributed by atoms with Crippen LogP contribution in [0.1, 0.15) is 113 Å². The molecular formula is C30H48O2. The second-order valence-corrected chi connectivity index (χ2v) is 15.1. The lowest BCUT2D eigenvalue weighted by Crippen LogP contribution is -2.67. The maximum atomic E-state index is 13.7. The summed E-state index contributed by atoms with van der Waals surface area (Å²) in [6.07, 6.45) is 12.5. The first-order chi connectivity index (χ1) is 14.6. The molecule has 0 aromatic rings. The maximum absolute atomic E-state index is 13.7. The van der Waals surface area contributed by atoms with Crippen molar-refractivity contribution < 1.29 is 9.90 Å². The van der Waals surface area contributed by atoms with E-state index in [0.717, 1.165) is 12.8 Å². The van der Waals surface area contributed by atoms with Crippen LogP contribution in [0.2, 0.25) is 0 Å². The predicted molar refractivity (Wildman–Crippen MR) is 131 cm³/mol. The van der Waals surface area contributed by atoms with Crippen molar-refractivity contribution in [2.45, 2.75) is 119 Å². The summed E-state index contributed by atoms with van der Waals surface area (Å²) in [5.74, 6) is 1.71. The third kappa shape index (κ3) is 2.65. The van der Waals surface area contributed by atoms with Crippen molar-refractivity contribution in [1.82, 2.24) is 0 Å². The molecular weight excluding hydrogens is 392 g/mol. The number of rotatable bonds is 0. The summed E-state index contributed by atoms with van der Waals surface area (Å²) >= 11 is 0. The van der Waals surface area contributed by atoms with E-state index in [-0.39, 0.29) is 27.6 Å². The third-order valence-electron chi connectivity index (χ3n) is 12.9. The number of Topliss-reactive ketones (excluding diaryl/α,β-unsaturated/α-hetero) is 1. The smallest absolute Gasteiger partial charge is 0.141 e. The van der Waals surface area contributed by atoms with Crippen molar-refractivity contribution in [3.8, 4) is 0 Å². The molecule has 0 saturated heterocycles. The lowest BCUT2D eigenvalue weighted by molar-refractivity contribution is -0.201. The molecule has 180 valence electrons. The summed E-state index contributed by atoms with van der Waals surface area (Å²) in [6, 6.07) is 0. The molecule has 2 nitrogen and oxygen atoms in total. The fourth-order valence-electron chi connectivity index (χ4n) is 10.2. The van der Waals surface area contributed by atoms with Crippen LogP contribution in [0.5, 0.6) is 0 Å². The number of hydrogen-bond donors (Lipinski definition) is 1. The largest absolute Gasteiger partial charge is 0.392 e. The van der Waals surface area contributed by atoms with Crippen LogP contribution in [-0.4, -0.2) is 17.0 Å². The van der Waals surface area contributed by atoms with Gasteiger partial charge in [0.15, 0.2) is 0 Å². The van der Waals surface area contributed by atoms with E-state index in [1.807, 2.05) is 0 Å². The van der Waals surface area contributed by atoms with Crippen LogP contribution in [-0.2, 0) is 4.79 Å². The minimum atomic E-state index is -0.498. The number of carbonyl (C=O) groups excluding carboxylic acids is 1. The van der Waals surface area contributed by atoms with E-state index < -0.39 is 6.10 Å². The molecule has 0 amide bonds. The van der Waals surface area contributed by atoms with E-state index in [9.17, 15) is 9.90 Å². The Hall–Kier alpha value is -0.630. The highest BCUT2D eigenvalue weighted by Crippen LogP contribution is 2.75. The molecule has 0 aliphatic heterocycles. The van der Waals surface area contributed by atoms with Crippen molar-refractivity contribution in [1.29, 1.82) is 0 Å². The van der Waals surface area contributed by atoms with Gasteiger partial charge in [-0.25, -0.2) is 0 Å². The van der Waals surface area contributed by atoms with Crippen LogP contribution in [0.3, 0.4) is 0 Å². The molecule has 2 heteroatoms. The van der Waals surface area contributed by atoms with Gasteiger partial charge in [0.1, 0.15) is 5.78 Å². The molecule has 0 spiro atoms. The Morgan fingerprint density at radius 2 is 1.53 bits per heavy atom. The minimum Gasteiger partial charge on any atom is -0.392 e. The van der Waals surface area contributed by atoms with Crippen molar-refractivity contribution in [2.24, 2.45) is 50.2 Å². The van der Waals surface area contributed by atoms with Crippen LogP contribution in [0.4, 0.5) is 0 Å². The van der Waals surface area contributed by atoms with Gasteiger partial charge in [0.2, 0.25) is 0 Å². The molecule has 8 atom stereocenters. The van der Waals surface area contributed by atoms with Crippen molar-refractivity contribution in [3.05, 3.63) is 11.6 Å². The molecule has 32 heavy (non-hydrogen) atoms. The first-order valence-electron chi connectivity index (χ1n) is 13.5. The van der Waals surface area contributed by atoms with Gasteiger partial charge in [0, 0.05) is 11.8 Å². The number of hydrogen-bond acceptors (Lipinski definition) is 2. The quantitative estimate of drug-likeness (QED) is 0.400. The second kappa shape index (κ2) is 6.52. The zero-order valence-electron chi connectivity index (χ0n) is 22.1.